The number of benzene rings is 2. The molecule has 0 fully saturated rings. The summed E-state index contributed by atoms with van der Waals surface area (Å²) in [5.74, 6) is -0.188. The summed E-state index contributed by atoms with van der Waals surface area (Å²) in [6.07, 6.45) is 0.762. The number of hydrogen-bond acceptors (Lipinski definition) is 2. The Balaban J connectivity index is 2.11. The molecule has 0 bridgehead atoms. The quantitative estimate of drug-likeness (QED) is 0.667. The first kappa shape index (κ1) is 14.0. The van der Waals surface area contributed by atoms with Gasteiger partial charge in [0.25, 0.3) is 5.91 Å². The topological polar surface area (TPSA) is 41.5 Å². The fourth-order valence-electron chi connectivity index (χ4n) is 1.87. The summed E-state index contributed by atoms with van der Waals surface area (Å²) in [5.41, 5.74) is 6.25. The van der Waals surface area contributed by atoms with Crippen LogP contribution in [-0.2, 0) is 0 Å². The van der Waals surface area contributed by atoms with Crippen LogP contribution in [-0.4, -0.2) is 11.6 Å². The molecule has 0 radical (unpaired) electrons. The van der Waals surface area contributed by atoms with E-state index in [-0.39, 0.29) is 5.91 Å². The molecule has 0 aliphatic heterocycles. The molecule has 0 atom stereocenters. The van der Waals surface area contributed by atoms with E-state index in [1.807, 2.05) is 56.3 Å². The van der Waals surface area contributed by atoms with E-state index in [0.717, 1.165) is 23.3 Å². The highest BCUT2D eigenvalue weighted by Gasteiger charge is 2.05. The zero-order valence-electron chi connectivity index (χ0n) is 11.8. The molecule has 20 heavy (non-hydrogen) atoms. The molecule has 0 spiro atoms. The number of rotatable bonds is 4. The molecule has 0 aliphatic rings. The van der Waals surface area contributed by atoms with Crippen LogP contribution in [0.1, 0.15) is 34.8 Å². The lowest BCUT2D eigenvalue weighted by Crippen LogP contribution is -2.19. The molecule has 102 valence electrons. The number of carbonyl (C=O) groups excluding carboxylic acids is 1. The minimum absolute atomic E-state index is 0.188. The number of nitrogens with zero attached hydrogens (tertiary/aromatic N) is 1. The molecule has 0 saturated heterocycles. The monoisotopic (exact) mass is 266 g/mol. The molecule has 2 aromatic rings. The van der Waals surface area contributed by atoms with Gasteiger partial charge in [-0.05, 0) is 31.0 Å². The lowest BCUT2D eigenvalue weighted by Gasteiger charge is -2.05. The van der Waals surface area contributed by atoms with Gasteiger partial charge < -0.3 is 0 Å². The van der Waals surface area contributed by atoms with Gasteiger partial charge in [0.1, 0.15) is 0 Å². The van der Waals surface area contributed by atoms with E-state index in [9.17, 15) is 4.79 Å². The lowest BCUT2D eigenvalue weighted by molar-refractivity contribution is 0.0955. The zero-order chi connectivity index (χ0) is 14.4. The van der Waals surface area contributed by atoms with Crippen LogP contribution in [0.3, 0.4) is 0 Å². The maximum absolute atomic E-state index is 12.0. The molecule has 1 N–H and O–H groups in total. The second-order valence-corrected chi connectivity index (χ2v) is 4.59. The maximum atomic E-state index is 12.0. The van der Waals surface area contributed by atoms with Crippen molar-refractivity contribution in [3.05, 3.63) is 71.3 Å². The Bertz CT molecular complexity index is 601. The van der Waals surface area contributed by atoms with E-state index < -0.39 is 0 Å². The average molecular weight is 266 g/mol. The van der Waals surface area contributed by atoms with Crippen molar-refractivity contribution in [1.82, 2.24) is 5.43 Å². The molecule has 2 aromatic carbocycles. The third-order valence-electron chi connectivity index (χ3n) is 3.05. The highest BCUT2D eigenvalue weighted by molar-refractivity contribution is 6.02. The largest absolute Gasteiger partial charge is 0.271 e. The zero-order valence-corrected chi connectivity index (χ0v) is 11.8. The smallest absolute Gasteiger partial charge is 0.267 e. The summed E-state index contributed by atoms with van der Waals surface area (Å²) in [4.78, 5) is 12.0. The molecule has 0 aromatic heterocycles. The van der Waals surface area contributed by atoms with E-state index >= 15 is 0 Å². The van der Waals surface area contributed by atoms with Crippen LogP contribution in [0.5, 0.6) is 0 Å². The first-order chi connectivity index (χ1) is 9.70. The SMILES string of the molecule is CC/C(=N\NC(=O)c1ccc(C)cc1)c1ccccc1. The van der Waals surface area contributed by atoms with Crippen molar-refractivity contribution in [2.75, 3.05) is 0 Å². The number of nitrogens with one attached hydrogen (secondary N) is 1. The van der Waals surface area contributed by atoms with Gasteiger partial charge in [0, 0.05) is 5.56 Å². The van der Waals surface area contributed by atoms with Crippen molar-refractivity contribution >= 4 is 11.6 Å². The fraction of sp³-hybridized carbons (Fsp3) is 0.176. The van der Waals surface area contributed by atoms with Crippen LogP contribution in [0, 0.1) is 6.92 Å². The van der Waals surface area contributed by atoms with Gasteiger partial charge in [0.15, 0.2) is 0 Å². The van der Waals surface area contributed by atoms with Gasteiger partial charge in [-0.1, -0.05) is 55.0 Å². The van der Waals surface area contributed by atoms with Crippen LogP contribution in [0.2, 0.25) is 0 Å². The van der Waals surface area contributed by atoms with Gasteiger partial charge >= 0.3 is 0 Å². The summed E-state index contributed by atoms with van der Waals surface area (Å²) in [6.45, 7) is 4.01. The molecule has 3 nitrogen and oxygen atoms in total. The summed E-state index contributed by atoms with van der Waals surface area (Å²) < 4.78 is 0. The molecular formula is C17H18N2O. The Morgan fingerprint density at radius 1 is 1.00 bits per heavy atom. The fourth-order valence-corrected chi connectivity index (χ4v) is 1.87. The Morgan fingerprint density at radius 3 is 2.25 bits per heavy atom. The Hall–Kier alpha value is -2.42. The van der Waals surface area contributed by atoms with E-state index in [2.05, 4.69) is 10.5 Å². The first-order valence-electron chi connectivity index (χ1n) is 6.69. The van der Waals surface area contributed by atoms with E-state index in [1.54, 1.807) is 12.1 Å². The summed E-state index contributed by atoms with van der Waals surface area (Å²) in [6, 6.07) is 17.3. The summed E-state index contributed by atoms with van der Waals surface area (Å²) in [5, 5.41) is 4.23. The van der Waals surface area contributed by atoms with Crippen molar-refractivity contribution in [3.63, 3.8) is 0 Å². The van der Waals surface area contributed by atoms with Crippen LogP contribution in [0.25, 0.3) is 0 Å². The highest BCUT2D eigenvalue weighted by atomic mass is 16.2. The number of amides is 1. The van der Waals surface area contributed by atoms with Crippen molar-refractivity contribution in [3.8, 4) is 0 Å². The maximum Gasteiger partial charge on any atom is 0.271 e. The highest BCUT2D eigenvalue weighted by Crippen LogP contribution is 2.05. The third kappa shape index (κ3) is 3.54. The van der Waals surface area contributed by atoms with E-state index in [0.29, 0.717) is 5.56 Å². The number of hydrazone groups is 1. The van der Waals surface area contributed by atoms with Crippen LogP contribution in [0.4, 0.5) is 0 Å². The van der Waals surface area contributed by atoms with Gasteiger partial charge in [-0.15, -0.1) is 0 Å². The molecule has 2 rings (SSSR count). The summed E-state index contributed by atoms with van der Waals surface area (Å²) in [7, 11) is 0. The molecule has 0 aliphatic carbocycles. The normalized spacial score (nSPS) is 11.2. The van der Waals surface area contributed by atoms with Crippen molar-refractivity contribution in [2.24, 2.45) is 5.10 Å². The van der Waals surface area contributed by atoms with Crippen LogP contribution < -0.4 is 5.43 Å². The van der Waals surface area contributed by atoms with Crippen LogP contribution in [0.15, 0.2) is 59.7 Å². The molecule has 0 unspecified atom stereocenters. The van der Waals surface area contributed by atoms with Crippen molar-refractivity contribution < 1.29 is 4.79 Å². The molecule has 1 amide bonds. The number of aryl methyl sites for hydroxylation is 1. The molecule has 0 saturated carbocycles. The predicted octanol–water partition coefficient (Wildman–Crippen LogP) is 3.54. The lowest BCUT2D eigenvalue weighted by atomic mass is 10.1. The van der Waals surface area contributed by atoms with Gasteiger partial charge in [-0.3, -0.25) is 4.79 Å². The van der Waals surface area contributed by atoms with E-state index in [4.69, 9.17) is 0 Å². The molecule has 3 heteroatoms. The predicted molar refractivity (Wildman–Crippen MR) is 81.9 cm³/mol. The Kier molecular flexibility index (Phi) is 4.66. The standard InChI is InChI=1S/C17H18N2O/c1-3-16(14-7-5-4-6-8-14)18-19-17(20)15-11-9-13(2)10-12-15/h4-12H,3H2,1-2H3,(H,19,20)/b18-16+. The number of hydrogen-bond donors (Lipinski definition) is 1. The van der Waals surface area contributed by atoms with Gasteiger partial charge in [-0.25, -0.2) is 5.43 Å². The van der Waals surface area contributed by atoms with Crippen molar-refractivity contribution in [2.45, 2.75) is 20.3 Å². The first-order valence-corrected chi connectivity index (χ1v) is 6.69. The Morgan fingerprint density at radius 2 is 1.65 bits per heavy atom. The van der Waals surface area contributed by atoms with Gasteiger partial charge in [0.2, 0.25) is 0 Å². The average Bonchev–Trinajstić information content (AvgIpc) is 2.49. The van der Waals surface area contributed by atoms with Gasteiger partial charge in [-0.2, -0.15) is 5.10 Å². The van der Waals surface area contributed by atoms with Gasteiger partial charge in [0.05, 0.1) is 5.71 Å². The summed E-state index contributed by atoms with van der Waals surface area (Å²) >= 11 is 0. The minimum Gasteiger partial charge on any atom is -0.267 e. The number of carbonyl (C=O) groups is 1. The van der Waals surface area contributed by atoms with Crippen molar-refractivity contribution in [1.29, 1.82) is 0 Å². The molecule has 0 heterocycles. The van der Waals surface area contributed by atoms with Crippen LogP contribution >= 0.6 is 0 Å². The second kappa shape index (κ2) is 6.66. The van der Waals surface area contributed by atoms with E-state index in [1.165, 1.54) is 0 Å². The third-order valence-corrected chi connectivity index (χ3v) is 3.05. The second-order valence-electron chi connectivity index (χ2n) is 4.59. The Labute approximate surface area is 119 Å². The minimum atomic E-state index is -0.188. The molecular weight excluding hydrogens is 248 g/mol.